The SMILES string of the molecule is CC(C)COC(=O)c1ccc(S)cc1. The third kappa shape index (κ3) is 3.42. The fourth-order valence-corrected chi connectivity index (χ4v) is 1.07. The summed E-state index contributed by atoms with van der Waals surface area (Å²) in [4.78, 5) is 12.3. The van der Waals surface area contributed by atoms with Crippen LogP contribution < -0.4 is 0 Å². The molecule has 0 spiro atoms. The van der Waals surface area contributed by atoms with Crippen molar-refractivity contribution in [1.82, 2.24) is 0 Å². The number of thiol groups is 1. The average Bonchev–Trinajstić information content (AvgIpc) is 2.15. The van der Waals surface area contributed by atoms with Crippen molar-refractivity contribution in [2.45, 2.75) is 18.7 Å². The molecular formula is C11H14O2S. The molecule has 3 heteroatoms. The van der Waals surface area contributed by atoms with Gasteiger partial charge in [-0.15, -0.1) is 12.6 Å². The molecule has 0 N–H and O–H groups in total. The third-order valence-corrected chi connectivity index (χ3v) is 1.95. The number of carbonyl (C=O) groups excluding carboxylic acids is 1. The lowest BCUT2D eigenvalue weighted by Crippen LogP contribution is -2.09. The normalized spacial score (nSPS) is 10.3. The van der Waals surface area contributed by atoms with Gasteiger partial charge >= 0.3 is 5.97 Å². The first-order valence-electron chi connectivity index (χ1n) is 4.55. The van der Waals surface area contributed by atoms with Crippen molar-refractivity contribution in [2.75, 3.05) is 6.61 Å². The van der Waals surface area contributed by atoms with E-state index in [1.54, 1.807) is 24.3 Å². The highest BCUT2D eigenvalue weighted by Crippen LogP contribution is 2.09. The van der Waals surface area contributed by atoms with Gasteiger partial charge in [0.05, 0.1) is 12.2 Å². The van der Waals surface area contributed by atoms with Crippen LogP contribution >= 0.6 is 12.6 Å². The van der Waals surface area contributed by atoms with Crippen molar-refractivity contribution in [3.8, 4) is 0 Å². The summed E-state index contributed by atoms with van der Waals surface area (Å²) < 4.78 is 5.07. The van der Waals surface area contributed by atoms with Crippen molar-refractivity contribution < 1.29 is 9.53 Å². The second kappa shape index (κ2) is 5.05. The fourth-order valence-electron chi connectivity index (χ4n) is 0.923. The molecule has 0 radical (unpaired) electrons. The molecule has 0 bridgehead atoms. The Morgan fingerprint density at radius 2 is 1.93 bits per heavy atom. The number of hydrogen-bond donors (Lipinski definition) is 1. The van der Waals surface area contributed by atoms with Crippen LogP contribution in [0.2, 0.25) is 0 Å². The van der Waals surface area contributed by atoms with Gasteiger partial charge in [-0.1, -0.05) is 13.8 Å². The van der Waals surface area contributed by atoms with E-state index < -0.39 is 0 Å². The Labute approximate surface area is 89.7 Å². The van der Waals surface area contributed by atoms with E-state index in [1.807, 2.05) is 13.8 Å². The van der Waals surface area contributed by atoms with E-state index in [0.717, 1.165) is 4.90 Å². The zero-order valence-corrected chi connectivity index (χ0v) is 9.25. The zero-order chi connectivity index (χ0) is 10.6. The van der Waals surface area contributed by atoms with Crippen molar-refractivity contribution in [1.29, 1.82) is 0 Å². The number of hydrogen-bond acceptors (Lipinski definition) is 3. The van der Waals surface area contributed by atoms with Gasteiger partial charge in [0.15, 0.2) is 0 Å². The summed E-state index contributed by atoms with van der Waals surface area (Å²) in [5, 5.41) is 0. The van der Waals surface area contributed by atoms with Crippen molar-refractivity contribution in [2.24, 2.45) is 5.92 Å². The van der Waals surface area contributed by atoms with Crippen LogP contribution in [0.4, 0.5) is 0 Å². The van der Waals surface area contributed by atoms with E-state index in [9.17, 15) is 4.79 Å². The topological polar surface area (TPSA) is 26.3 Å². The van der Waals surface area contributed by atoms with Gasteiger partial charge in [0, 0.05) is 4.90 Å². The molecule has 0 aromatic heterocycles. The van der Waals surface area contributed by atoms with Gasteiger partial charge in [-0.05, 0) is 30.2 Å². The summed E-state index contributed by atoms with van der Waals surface area (Å²) in [6, 6.07) is 6.97. The minimum Gasteiger partial charge on any atom is -0.462 e. The van der Waals surface area contributed by atoms with Crippen LogP contribution in [0.5, 0.6) is 0 Å². The van der Waals surface area contributed by atoms with Gasteiger partial charge < -0.3 is 4.74 Å². The standard InChI is InChI=1S/C11H14O2S/c1-8(2)7-13-11(12)9-3-5-10(14)6-4-9/h3-6,8,14H,7H2,1-2H3. The van der Waals surface area contributed by atoms with Gasteiger partial charge in [-0.25, -0.2) is 4.79 Å². The minimum absolute atomic E-state index is 0.271. The Morgan fingerprint density at radius 3 is 2.43 bits per heavy atom. The number of esters is 1. The highest BCUT2D eigenvalue weighted by atomic mass is 32.1. The van der Waals surface area contributed by atoms with E-state index in [1.165, 1.54) is 0 Å². The van der Waals surface area contributed by atoms with Crippen LogP contribution in [-0.4, -0.2) is 12.6 Å². The Morgan fingerprint density at radius 1 is 1.36 bits per heavy atom. The number of ether oxygens (including phenoxy) is 1. The van der Waals surface area contributed by atoms with E-state index >= 15 is 0 Å². The Hall–Kier alpha value is -0.960. The molecule has 1 rings (SSSR count). The van der Waals surface area contributed by atoms with Crippen molar-refractivity contribution in [3.05, 3.63) is 29.8 Å². The molecule has 14 heavy (non-hydrogen) atoms. The van der Waals surface area contributed by atoms with E-state index in [0.29, 0.717) is 18.1 Å². The number of rotatable bonds is 3. The largest absolute Gasteiger partial charge is 0.462 e. The predicted molar refractivity (Wildman–Crippen MR) is 58.8 cm³/mol. The summed E-state index contributed by atoms with van der Waals surface area (Å²) in [6.07, 6.45) is 0. The summed E-state index contributed by atoms with van der Waals surface area (Å²) in [6.45, 7) is 4.47. The molecule has 1 aromatic carbocycles. The quantitative estimate of drug-likeness (QED) is 0.613. The van der Waals surface area contributed by atoms with E-state index in [4.69, 9.17) is 4.74 Å². The van der Waals surface area contributed by atoms with Crippen LogP contribution in [0.25, 0.3) is 0 Å². The molecule has 0 aliphatic rings. The molecule has 0 heterocycles. The van der Waals surface area contributed by atoms with Crippen LogP contribution in [0, 0.1) is 5.92 Å². The molecule has 0 saturated carbocycles. The highest BCUT2D eigenvalue weighted by molar-refractivity contribution is 7.80. The maximum Gasteiger partial charge on any atom is 0.338 e. The lowest BCUT2D eigenvalue weighted by molar-refractivity contribution is 0.0459. The first-order chi connectivity index (χ1) is 6.59. The van der Waals surface area contributed by atoms with Crippen LogP contribution in [0.1, 0.15) is 24.2 Å². The molecule has 0 aliphatic carbocycles. The fraction of sp³-hybridized carbons (Fsp3) is 0.364. The summed E-state index contributed by atoms with van der Waals surface area (Å²) in [7, 11) is 0. The van der Waals surface area contributed by atoms with Gasteiger partial charge in [-0.2, -0.15) is 0 Å². The van der Waals surface area contributed by atoms with Crippen molar-refractivity contribution in [3.63, 3.8) is 0 Å². The minimum atomic E-state index is -0.271. The number of carbonyl (C=O) groups is 1. The van der Waals surface area contributed by atoms with Crippen LogP contribution in [0.15, 0.2) is 29.2 Å². The second-order valence-electron chi connectivity index (χ2n) is 3.54. The number of benzene rings is 1. The third-order valence-electron chi connectivity index (χ3n) is 1.65. The summed E-state index contributed by atoms with van der Waals surface area (Å²) in [5.41, 5.74) is 0.573. The molecule has 2 nitrogen and oxygen atoms in total. The van der Waals surface area contributed by atoms with Gasteiger partial charge in [-0.3, -0.25) is 0 Å². The monoisotopic (exact) mass is 210 g/mol. The average molecular weight is 210 g/mol. The molecule has 1 aromatic rings. The molecule has 0 saturated heterocycles. The van der Waals surface area contributed by atoms with E-state index in [2.05, 4.69) is 12.6 Å². The maximum absolute atomic E-state index is 11.4. The van der Waals surface area contributed by atoms with Crippen LogP contribution in [-0.2, 0) is 4.74 Å². The van der Waals surface area contributed by atoms with Crippen LogP contribution in [0.3, 0.4) is 0 Å². The Bertz CT molecular complexity index is 304. The second-order valence-corrected chi connectivity index (χ2v) is 4.06. The van der Waals surface area contributed by atoms with Gasteiger partial charge in [0.25, 0.3) is 0 Å². The molecule has 0 fully saturated rings. The Balaban J connectivity index is 2.57. The van der Waals surface area contributed by atoms with Gasteiger partial charge in [0.2, 0.25) is 0 Å². The first-order valence-corrected chi connectivity index (χ1v) is 5.00. The highest BCUT2D eigenvalue weighted by Gasteiger charge is 2.06. The molecule has 76 valence electrons. The lowest BCUT2D eigenvalue weighted by Gasteiger charge is -2.06. The smallest absolute Gasteiger partial charge is 0.338 e. The molecule has 0 amide bonds. The first kappa shape index (κ1) is 11.1. The van der Waals surface area contributed by atoms with Crippen molar-refractivity contribution >= 4 is 18.6 Å². The predicted octanol–water partition coefficient (Wildman–Crippen LogP) is 2.79. The molecule has 0 aliphatic heterocycles. The maximum atomic E-state index is 11.4. The summed E-state index contributed by atoms with van der Waals surface area (Å²) >= 11 is 4.13. The lowest BCUT2D eigenvalue weighted by atomic mass is 10.2. The summed E-state index contributed by atoms with van der Waals surface area (Å²) in [5.74, 6) is 0.0927. The zero-order valence-electron chi connectivity index (χ0n) is 8.36. The van der Waals surface area contributed by atoms with Gasteiger partial charge in [0.1, 0.15) is 0 Å². The molecular weight excluding hydrogens is 196 g/mol. The Kier molecular flexibility index (Phi) is 4.01. The molecule has 0 atom stereocenters. The van der Waals surface area contributed by atoms with E-state index in [-0.39, 0.29) is 5.97 Å². The molecule has 0 unspecified atom stereocenters.